The Balaban J connectivity index is 2.02. The lowest BCUT2D eigenvalue weighted by atomic mass is 10.1. The van der Waals surface area contributed by atoms with Crippen molar-refractivity contribution in [2.45, 2.75) is 25.4 Å². The smallest absolute Gasteiger partial charge is 0.271 e. The summed E-state index contributed by atoms with van der Waals surface area (Å²) in [6.07, 6.45) is 0.867. The van der Waals surface area contributed by atoms with Crippen molar-refractivity contribution in [3.05, 3.63) is 28.3 Å². The van der Waals surface area contributed by atoms with Gasteiger partial charge in [-0.2, -0.15) is 0 Å². The molecule has 0 amide bonds. The summed E-state index contributed by atoms with van der Waals surface area (Å²) in [4.78, 5) is 10.5. The van der Waals surface area contributed by atoms with Crippen molar-refractivity contribution >= 4 is 11.4 Å². The quantitative estimate of drug-likeness (QED) is 0.614. The summed E-state index contributed by atoms with van der Waals surface area (Å²) < 4.78 is 10.7. The molecule has 116 valence electrons. The van der Waals surface area contributed by atoms with Gasteiger partial charge < -0.3 is 20.1 Å². The number of hydrogen-bond acceptors (Lipinski definition) is 6. The maximum atomic E-state index is 10.9. The molecule has 7 nitrogen and oxygen atoms in total. The molecule has 1 heterocycles. The van der Waals surface area contributed by atoms with E-state index in [1.54, 1.807) is 13.2 Å². The molecule has 0 aliphatic carbocycles. The number of methoxy groups -OCH3 is 1. The van der Waals surface area contributed by atoms with E-state index in [0.717, 1.165) is 19.6 Å². The molecule has 2 rings (SSSR count). The zero-order chi connectivity index (χ0) is 15.2. The third-order valence-electron chi connectivity index (χ3n) is 3.43. The molecule has 7 heteroatoms. The Morgan fingerprint density at radius 1 is 1.62 bits per heavy atom. The van der Waals surface area contributed by atoms with E-state index in [9.17, 15) is 10.1 Å². The molecule has 1 aliphatic heterocycles. The third kappa shape index (κ3) is 4.30. The van der Waals surface area contributed by atoms with Crippen LogP contribution in [0.3, 0.4) is 0 Å². The zero-order valence-corrected chi connectivity index (χ0v) is 12.3. The van der Waals surface area contributed by atoms with Gasteiger partial charge in [-0.15, -0.1) is 0 Å². The number of nitrogens with one attached hydrogen (secondary N) is 2. The van der Waals surface area contributed by atoms with Gasteiger partial charge >= 0.3 is 0 Å². The van der Waals surface area contributed by atoms with Gasteiger partial charge in [-0.3, -0.25) is 10.1 Å². The van der Waals surface area contributed by atoms with Gasteiger partial charge in [0, 0.05) is 30.8 Å². The summed E-state index contributed by atoms with van der Waals surface area (Å²) >= 11 is 0. The minimum absolute atomic E-state index is 0.0459. The van der Waals surface area contributed by atoms with E-state index >= 15 is 0 Å². The highest BCUT2D eigenvalue weighted by Gasteiger charge is 2.18. The van der Waals surface area contributed by atoms with Crippen molar-refractivity contribution in [2.24, 2.45) is 0 Å². The molecule has 1 saturated heterocycles. The Kier molecular flexibility index (Phi) is 5.35. The molecule has 0 spiro atoms. The van der Waals surface area contributed by atoms with Crippen molar-refractivity contribution < 1.29 is 14.4 Å². The Morgan fingerprint density at radius 3 is 3.05 bits per heavy atom. The van der Waals surface area contributed by atoms with Crippen LogP contribution >= 0.6 is 0 Å². The number of nitrogens with zero attached hydrogens (tertiary/aromatic N) is 1. The maximum Gasteiger partial charge on any atom is 0.271 e. The first kappa shape index (κ1) is 15.5. The second-order valence-electron chi connectivity index (χ2n) is 5.15. The normalized spacial score (nSPS) is 19.8. The number of benzene rings is 1. The van der Waals surface area contributed by atoms with E-state index in [-0.39, 0.29) is 11.7 Å². The highest BCUT2D eigenvalue weighted by atomic mass is 16.6. The highest BCUT2D eigenvalue weighted by Crippen LogP contribution is 2.29. The standard InChI is InChI=1S/C14H21N3O4/c1-10(7-11-9-21-6-5-15-11)16-13-8-12(17(18)19)3-4-14(13)20-2/h3-4,8,10-11,15-16H,5-7,9H2,1-2H3. The van der Waals surface area contributed by atoms with Gasteiger partial charge in [0.15, 0.2) is 0 Å². The Bertz CT molecular complexity index is 489. The first-order chi connectivity index (χ1) is 10.1. The van der Waals surface area contributed by atoms with Crippen LogP contribution < -0.4 is 15.4 Å². The molecular formula is C14H21N3O4. The van der Waals surface area contributed by atoms with Gasteiger partial charge in [0.1, 0.15) is 5.75 Å². The van der Waals surface area contributed by atoms with Crippen molar-refractivity contribution in [3.63, 3.8) is 0 Å². The third-order valence-corrected chi connectivity index (χ3v) is 3.43. The van der Waals surface area contributed by atoms with Crippen molar-refractivity contribution in [1.82, 2.24) is 5.32 Å². The van der Waals surface area contributed by atoms with Gasteiger partial charge in [0.05, 0.1) is 30.9 Å². The van der Waals surface area contributed by atoms with Crippen LogP contribution in [0.1, 0.15) is 13.3 Å². The summed E-state index contributed by atoms with van der Waals surface area (Å²) in [5.74, 6) is 0.598. The van der Waals surface area contributed by atoms with Gasteiger partial charge in [-0.1, -0.05) is 0 Å². The zero-order valence-electron chi connectivity index (χ0n) is 12.3. The van der Waals surface area contributed by atoms with E-state index in [1.807, 2.05) is 6.92 Å². The molecule has 0 saturated carbocycles. The Hall–Kier alpha value is -1.86. The largest absolute Gasteiger partial charge is 0.495 e. The van der Waals surface area contributed by atoms with Crippen LogP contribution in [-0.4, -0.2) is 43.9 Å². The number of ether oxygens (including phenoxy) is 2. The maximum absolute atomic E-state index is 10.9. The molecule has 1 aliphatic rings. The van der Waals surface area contributed by atoms with Crippen LogP contribution in [0, 0.1) is 10.1 Å². The fourth-order valence-electron chi connectivity index (χ4n) is 2.44. The Morgan fingerprint density at radius 2 is 2.43 bits per heavy atom. The average Bonchev–Trinajstić information content (AvgIpc) is 2.48. The Labute approximate surface area is 123 Å². The number of hydrogen-bond donors (Lipinski definition) is 2. The van der Waals surface area contributed by atoms with Gasteiger partial charge in [0.25, 0.3) is 5.69 Å². The van der Waals surface area contributed by atoms with Crippen LogP contribution in [0.5, 0.6) is 5.75 Å². The van der Waals surface area contributed by atoms with Crippen LogP contribution in [0.4, 0.5) is 11.4 Å². The van der Waals surface area contributed by atoms with Crippen LogP contribution in [0.15, 0.2) is 18.2 Å². The van der Waals surface area contributed by atoms with E-state index < -0.39 is 4.92 Å². The van der Waals surface area contributed by atoms with E-state index in [1.165, 1.54) is 12.1 Å². The monoisotopic (exact) mass is 295 g/mol. The minimum atomic E-state index is -0.411. The lowest BCUT2D eigenvalue weighted by molar-refractivity contribution is -0.384. The summed E-state index contributed by atoms with van der Waals surface area (Å²) in [5.41, 5.74) is 0.681. The minimum Gasteiger partial charge on any atom is -0.495 e. The molecule has 0 aromatic heterocycles. The molecular weight excluding hydrogens is 274 g/mol. The van der Waals surface area contributed by atoms with Crippen LogP contribution in [0.2, 0.25) is 0 Å². The lowest BCUT2D eigenvalue weighted by Gasteiger charge is -2.27. The SMILES string of the molecule is COc1ccc([N+](=O)[O-])cc1NC(C)CC1COCCN1. The molecule has 0 bridgehead atoms. The number of non-ortho nitro benzene ring substituents is 1. The predicted octanol–water partition coefficient (Wildman–Crippen LogP) is 1.78. The summed E-state index contributed by atoms with van der Waals surface area (Å²) in [7, 11) is 1.55. The second-order valence-corrected chi connectivity index (χ2v) is 5.15. The molecule has 2 atom stereocenters. The number of morpholine rings is 1. The number of anilines is 1. The molecule has 0 radical (unpaired) electrons. The topological polar surface area (TPSA) is 85.7 Å². The molecule has 21 heavy (non-hydrogen) atoms. The van der Waals surface area contributed by atoms with E-state index in [2.05, 4.69) is 10.6 Å². The van der Waals surface area contributed by atoms with Crippen molar-refractivity contribution in [3.8, 4) is 5.75 Å². The molecule has 1 aromatic carbocycles. The van der Waals surface area contributed by atoms with Gasteiger partial charge in [-0.05, 0) is 19.4 Å². The highest BCUT2D eigenvalue weighted by molar-refractivity contribution is 5.61. The number of rotatable bonds is 6. The van der Waals surface area contributed by atoms with Crippen molar-refractivity contribution in [1.29, 1.82) is 0 Å². The van der Waals surface area contributed by atoms with Crippen LogP contribution in [-0.2, 0) is 4.74 Å². The first-order valence-corrected chi connectivity index (χ1v) is 7.00. The summed E-state index contributed by atoms with van der Waals surface area (Å²) in [5, 5.41) is 17.5. The van der Waals surface area contributed by atoms with Gasteiger partial charge in [0.2, 0.25) is 0 Å². The molecule has 1 aromatic rings. The van der Waals surface area contributed by atoms with E-state index in [0.29, 0.717) is 24.1 Å². The fourth-order valence-corrected chi connectivity index (χ4v) is 2.44. The predicted molar refractivity (Wildman–Crippen MR) is 80.0 cm³/mol. The molecule has 2 N–H and O–H groups in total. The number of nitro groups is 1. The van der Waals surface area contributed by atoms with Gasteiger partial charge in [-0.25, -0.2) is 0 Å². The summed E-state index contributed by atoms with van der Waals surface area (Å²) in [6.45, 7) is 4.33. The first-order valence-electron chi connectivity index (χ1n) is 7.00. The molecule has 1 fully saturated rings. The van der Waals surface area contributed by atoms with Crippen LogP contribution in [0.25, 0.3) is 0 Å². The van der Waals surface area contributed by atoms with E-state index in [4.69, 9.17) is 9.47 Å². The fraction of sp³-hybridized carbons (Fsp3) is 0.571. The van der Waals surface area contributed by atoms with Crippen molar-refractivity contribution in [2.75, 3.05) is 32.2 Å². The average molecular weight is 295 g/mol. The summed E-state index contributed by atoms with van der Waals surface area (Å²) in [6, 6.07) is 4.98. The second kappa shape index (κ2) is 7.24. The lowest BCUT2D eigenvalue weighted by Crippen LogP contribution is -2.43. The number of nitro benzene ring substituents is 1. The molecule has 2 unspecified atom stereocenters.